The molecule has 3 N–H and O–H groups in total. The summed E-state index contributed by atoms with van der Waals surface area (Å²) in [5, 5.41) is 9.66. The van der Waals surface area contributed by atoms with Gasteiger partial charge in [0.2, 0.25) is 0 Å². The first kappa shape index (κ1) is 10.7. The number of benzene rings is 1. The Morgan fingerprint density at radius 1 is 1.44 bits per heavy atom. The van der Waals surface area contributed by atoms with E-state index >= 15 is 0 Å². The van der Waals surface area contributed by atoms with Crippen molar-refractivity contribution >= 4 is 11.6 Å². The summed E-state index contributed by atoms with van der Waals surface area (Å²) >= 11 is 0. The van der Waals surface area contributed by atoms with Crippen LogP contribution in [0.5, 0.6) is 0 Å². The molecular weight excluding hydrogens is 204 g/mol. The molecule has 84 valence electrons. The number of hydrogen-bond donors (Lipinski definition) is 2. The summed E-state index contributed by atoms with van der Waals surface area (Å²) in [6.45, 7) is 0.138. The first-order valence-electron chi connectivity index (χ1n) is 5.21. The van der Waals surface area contributed by atoms with E-state index in [1.807, 2.05) is 18.2 Å². The molecule has 1 aliphatic rings. The Balaban J connectivity index is 2.13. The van der Waals surface area contributed by atoms with Crippen molar-refractivity contribution in [2.75, 3.05) is 6.54 Å². The van der Waals surface area contributed by atoms with E-state index in [1.165, 1.54) is 11.1 Å². The first-order chi connectivity index (χ1) is 7.68. The molecule has 1 aromatic carbocycles. The van der Waals surface area contributed by atoms with Crippen molar-refractivity contribution in [3.8, 4) is 0 Å². The average molecular weight is 218 g/mol. The summed E-state index contributed by atoms with van der Waals surface area (Å²) in [4.78, 5) is 10.6. The summed E-state index contributed by atoms with van der Waals surface area (Å²) in [6, 6.07) is 7.33. The molecule has 0 atom stereocenters. The second kappa shape index (κ2) is 4.37. The van der Waals surface area contributed by atoms with Crippen LogP contribution in [0.2, 0.25) is 0 Å². The normalized spacial score (nSPS) is 16.2. The van der Waals surface area contributed by atoms with Crippen molar-refractivity contribution in [1.29, 1.82) is 0 Å². The maximum Gasteiger partial charge on any atom is 0.338 e. The minimum Gasteiger partial charge on any atom is -0.350 e. The van der Waals surface area contributed by atoms with Crippen LogP contribution in [-0.2, 0) is 6.42 Å². The zero-order valence-electron chi connectivity index (χ0n) is 8.89. The van der Waals surface area contributed by atoms with E-state index in [4.69, 9.17) is 10.9 Å². The zero-order valence-corrected chi connectivity index (χ0v) is 8.89. The Labute approximate surface area is 93.9 Å². The SMILES string of the molecule is NC(=O)N(O)C/C=C1\CCc2ccccc21. The number of nitrogens with two attached hydrogens (primary N) is 1. The number of carbonyl (C=O) groups excluding carboxylic acids is 1. The van der Waals surface area contributed by atoms with Crippen LogP contribution in [-0.4, -0.2) is 22.8 Å². The molecule has 2 amide bonds. The van der Waals surface area contributed by atoms with Crippen LogP contribution in [0.1, 0.15) is 17.5 Å². The average Bonchev–Trinajstić information content (AvgIpc) is 2.69. The van der Waals surface area contributed by atoms with Gasteiger partial charge in [-0.2, -0.15) is 0 Å². The molecule has 16 heavy (non-hydrogen) atoms. The maximum absolute atomic E-state index is 10.6. The third-order valence-electron chi connectivity index (χ3n) is 2.79. The molecule has 0 aromatic heterocycles. The topological polar surface area (TPSA) is 66.6 Å². The minimum atomic E-state index is -0.830. The van der Waals surface area contributed by atoms with Crippen LogP contribution in [0.25, 0.3) is 5.57 Å². The van der Waals surface area contributed by atoms with Crippen molar-refractivity contribution in [2.45, 2.75) is 12.8 Å². The van der Waals surface area contributed by atoms with Gasteiger partial charge in [-0.1, -0.05) is 30.3 Å². The lowest BCUT2D eigenvalue weighted by Crippen LogP contribution is -2.32. The Hall–Kier alpha value is -1.81. The molecule has 0 bridgehead atoms. The monoisotopic (exact) mass is 218 g/mol. The van der Waals surface area contributed by atoms with Gasteiger partial charge in [-0.25, -0.2) is 9.86 Å². The number of allylic oxidation sites excluding steroid dienone is 1. The van der Waals surface area contributed by atoms with Gasteiger partial charge >= 0.3 is 6.03 Å². The van der Waals surface area contributed by atoms with Crippen LogP contribution in [0, 0.1) is 0 Å². The molecule has 1 aromatic rings. The number of nitrogens with zero attached hydrogens (tertiary/aromatic N) is 1. The highest BCUT2D eigenvalue weighted by atomic mass is 16.5. The summed E-state index contributed by atoms with van der Waals surface area (Å²) in [7, 11) is 0. The third-order valence-corrected chi connectivity index (χ3v) is 2.79. The molecule has 0 heterocycles. The smallest absolute Gasteiger partial charge is 0.338 e. The summed E-state index contributed by atoms with van der Waals surface area (Å²) in [5.41, 5.74) is 8.61. The highest BCUT2D eigenvalue weighted by molar-refractivity contribution is 5.74. The maximum atomic E-state index is 10.6. The number of carbonyl (C=O) groups is 1. The second-order valence-electron chi connectivity index (χ2n) is 3.81. The van der Waals surface area contributed by atoms with Gasteiger partial charge in [-0.15, -0.1) is 0 Å². The molecule has 1 aliphatic carbocycles. The van der Waals surface area contributed by atoms with E-state index < -0.39 is 6.03 Å². The standard InChI is InChI=1S/C12H14N2O2/c13-12(15)14(16)8-7-10-6-5-9-3-1-2-4-11(9)10/h1-4,7,16H,5-6,8H2,(H2,13,15)/b10-7+. The molecule has 4 heteroatoms. The molecule has 2 rings (SSSR count). The highest BCUT2D eigenvalue weighted by Gasteiger charge is 2.15. The summed E-state index contributed by atoms with van der Waals surface area (Å²) in [6.07, 6.45) is 3.81. The quantitative estimate of drug-likeness (QED) is 0.587. The van der Waals surface area contributed by atoms with E-state index in [9.17, 15) is 4.79 Å². The van der Waals surface area contributed by atoms with Crippen LogP contribution < -0.4 is 5.73 Å². The number of amides is 2. The Kier molecular flexibility index (Phi) is 2.92. The lowest BCUT2D eigenvalue weighted by molar-refractivity contribution is -0.0287. The van der Waals surface area contributed by atoms with Crippen LogP contribution in [0.4, 0.5) is 4.79 Å². The molecular formula is C12H14N2O2. The van der Waals surface area contributed by atoms with Gasteiger partial charge < -0.3 is 5.73 Å². The fourth-order valence-electron chi connectivity index (χ4n) is 1.95. The van der Waals surface area contributed by atoms with E-state index in [0.717, 1.165) is 18.4 Å². The largest absolute Gasteiger partial charge is 0.350 e. The number of rotatable bonds is 2. The molecule has 0 fully saturated rings. The van der Waals surface area contributed by atoms with E-state index in [1.54, 1.807) is 0 Å². The number of hydrogen-bond acceptors (Lipinski definition) is 2. The number of hydroxylamine groups is 2. The molecule has 0 aliphatic heterocycles. The Morgan fingerprint density at radius 2 is 2.19 bits per heavy atom. The van der Waals surface area contributed by atoms with Crippen LogP contribution in [0.3, 0.4) is 0 Å². The lowest BCUT2D eigenvalue weighted by atomic mass is 10.1. The van der Waals surface area contributed by atoms with E-state index in [2.05, 4.69) is 12.1 Å². The lowest BCUT2D eigenvalue weighted by Gasteiger charge is -2.09. The van der Waals surface area contributed by atoms with E-state index in [0.29, 0.717) is 5.06 Å². The predicted octanol–water partition coefficient (Wildman–Crippen LogP) is 1.79. The molecule has 0 spiro atoms. The van der Waals surface area contributed by atoms with Crippen molar-refractivity contribution in [3.05, 3.63) is 41.5 Å². The van der Waals surface area contributed by atoms with Gasteiger partial charge in [-0.05, 0) is 29.5 Å². The summed E-state index contributed by atoms with van der Waals surface area (Å²) < 4.78 is 0. The third kappa shape index (κ3) is 2.06. The van der Waals surface area contributed by atoms with Gasteiger partial charge in [0.25, 0.3) is 0 Å². The van der Waals surface area contributed by atoms with Gasteiger partial charge in [-0.3, -0.25) is 5.21 Å². The minimum absolute atomic E-state index is 0.138. The number of urea groups is 1. The molecule has 4 nitrogen and oxygen atoms in total. The second-order valence-corrected chi connectivity index (χ2v) is 3.81. The number of fused-ring (bicyclic) bond motifs is 1. The Bertz CT molecular complexity index is 440. The van der Waals surface area contributed by atoms with Crippen molar-refractivity contribution in [3.63, 3.8) is 0 Å². The number of aryl methyl sites for hydroxylation is 1. The highest BCUT2D eigenvalue weighted by Crippen LogP contribution is 2.31. The van der Waals surface area contributed by atoms with Gasteiger partial charge in [0.1, 0.15) is 0 Å². The molecule has 0 unspecified atom stereocenters. The van der Waals surface area contributed by atoms with Crippen molar-refractivity contribution < 1.29 is 10.0 Å². The van der Waals surface area contributed by atoms with Gasteiger partial charge in [0, 0.05) is 0 Å². The van der Waals surface area contributed by atoms with Crippen molar-refractivity contribution in [1.82, 2.24) is 5.06 Å². The van der Waals surface area contributed by atoms with Gasteiger partial charge in [0.05, 0.1) is 6.54 Å². The van der Waals surface area contributed by atoms with Gasteiger partial charge in [0.15, 0.2) is 0 Å². The predicted molar refractivity (Wildman–Crippen MR) is 60.8 cm³/mol. The fraction of sp³-hybridized carbons (Fsp3) is 0.250. The Morgan fingerprint density at radius 3 is 2.94 bits per heavy atom. The number of primary amides is 1. The van der Waals surface area contributed by atoms with E-state index in [-0.39, 0.29) is 6.54 Å². The molecule has 0 saturated heterocycles. The van der Waals surface area contributed by atoms with Crippen LogP contribution in [0.15, 0.2) is 30.3 Å². The molecule has 0 radical (unpaired) electrons. The fourth-order valence-corrected chi connectivity index (χ4v) is 1.95. The van der Waals surface area contributed by atoms with Crippen molar-refractivity contribution in [2.24, 2.45) is 5.73 Å². The first-order valence-corrected chi connectivity index (χ1v) is 5.21. The summed E-state index contributed by atoms with van der Waals surface area (Å²) in [5.74, 6) is 0. The van der Waals surface area contributed by atoms with Crippen LogP contribution >= 0.6 is 0 Å². The zero-order chi connectivity index (χ0) is 11.5. The molecule has 0 saturated carbocycles.